The molecule has 0 radical (unpaired) electrons. The number of aromatic hydroxyl groups is 1. The van der Waals surface area contributed by atoms with Crippen LogP contribution in [0.15, 0.2) is 42.5 Å². The Morgan fingerprint density at radius 3 is 2.70 bits per heavy atom. The van der Waals surface area contributed by atoms with Crippen LogP contribution in [-0.2, 0) is 0 Å². The predicted octanol–water partition coefficient (Wildman–Crippen LogP) is 2.70. The maximum atomic E-state index is 10.8. The molecule has 2 N–H and O–H groups in total. The van der Waals surface area contributed by atoms with Crippen molar-refractivity contribution in [2.24, 2.45) is 0 Å². The first-order chi connectivity index (χ1) is 9.52. The number of hydrogen-bond donors (Lipinski definition) is 2. The second-order valence-electron chi connectivity index (χ2n) is 4.06. The molecule has 5 heteroatoms. The van der Waals surface area contributed by atoms with Gasteiger partial charge in [0.25, 0.3) is 5.69 Å². The number of nitro benzene ring substituents is 1. The Balaban J connectivity index is 2.50. The van der Waals surface area contributed by atoms with Crippen LogP contribution >= 0.6 is 0 Å². The van der Waals surface area contributed by atoms with E-state index in [0.717, 1.165) is 0 Å². The summed E-state index contributed by atoms with van der Waals surface area (Å²) < 4.78 is 0. The summed E-state index contributed by atoms with van der Waals surface area (Å²) in [6.45, 7) is 0. The fraction of sp³-hybridized carbons (Fsp3) is 0. The molecule has 0 unspecified atom stereocenters. The van der Waals surface area contributed by atoms with Crippen molar-refractivity contribution in [2.75, 3.05) is 0 Å². The van der Waals surface area contributed by atoms with Gasteiger partial charge in [0.1, 0.15) is 5.75 Å². The van der Waals surface area contributed by atoms with Crippen LogP contribution in [0, 0.1) is 27.9 Å². The van der Waals surface area contributed by atoms with Gasteiger partial charge >= 0.3 is 0 Å². The van der Waals surface area contributed by atoms with Gasteiger partial charge < -0.3 is 5.11 Å². The highest BCUT2D eigenvalue weighted by atomic mass is 16.6. The molecule has 2 aromatic rings. The van der Waals surface area contributed by atoms with Crippen molar-refractivity contribution < 1.29 is 10.0 Å². The lowest BCUT2D eigenvalue weighted by Crippen LogP contribution is -2.03. The van der Waals surface area contributed by atoms with Crippen LogP contribution in [0.4, 0.5) is 5.69 Å². The van der Waals surface area contributed by atoms with Gasteiger partial charge in [-0.25, -0.2) is 0 Å². The second kappa shape index (κ2) is 5.24. The van der Waals surface area contributed by atoms with Crippen LogP contribution < -0.4 is 0 Å². The van der Waals surface area contributed by atoms with Gasteiger partial charge in [0.2, 0.25) is 0 Å². The van der Waals surface area contributed by atoms with Crippen molar-refractivity contribution in [3.05, 3.63) is 69.3 Å². The van der Waals surface area contributed by atoms with Gasteiger partial charge in [-0.2, -0.15) is 0 Å². The largest absolute Gasteiger partial charge is 0.507 e. The van der Waals surface area contributed by atoms with E-state index in [4.69, 9.17) is 11.8 Å². The lowest BCUT2D eigenvalue weighted by atomic mass is 9.99. The Labute approximate surface area is 115 Å². The third kappa shape index (κ3) is 2.49. The summed E-state index contributed by atoms with van der Waals surface area (Å²) in [5, 5.41) is 28.6. The smallest absolute Gasteiger partial charge is 0.270 e. The van der Waals surface area contributed by atoms with E-state index < -0.39 is 4.92 Å². The van der Waals surface area contributed by atoms with Crippen LogP contribution in [0.2, 0.25) is 0 Å². The van der Waals surface area contributed by atoms with E-state index in [9.17, 15) is 15.2 Å². The molecule has 0 aliphatic rings. The summed E-state index contributed by atoms with van der Waals surface area (Å²) >= 11 is 0. The van der Waals surface area contributed by atoms with Gasteiger partial charge in [-0.1, -0.05) is 18.1 Å². The van der Waals surface area contributed by atoms with E-state index in [1.165, 1.54) is 18.2 Å². The molecule has 98 valence electrons. The molecule has 0 amide bonds. The topological polar surface area (TPSA) is 87.2 Å². The molecule has 0 spiro atoms. The van der Waals surface area contributed by atoms with E-state index in [1.807, 2.05) is 0 Å². The average Bonchev–Trinajstić information content (AvgIpc) is 2.46. The molecule has 5 nitrogen and oxygen atoms in total. The molecule has 0 bridgehead atoms. The van der Waals surface area contributed by atoms with Crippen LogP contribution in [0.1, 0.15) is 16.7 Å². The second-order valence-corrected chi connectivity index (χ2v) is 4.06. The van der Waals surface area contributed by atoms with Crippen LogP contribution in [0.25, 0.3) is 0 Å². The summed E-state index contributed by atoms with van der Waals surface area (Å²) in [7, 11) is 0. The maximum Gasteiger partial charge on any atom is 0.270 e. The fourth-order valence-corrected chi connectivity index (χ4v) is 1.76. The predicted molar refractivity (Wildman–Crippen MR) is 75.1 cm³/mol. The summed E-state index contributed by atoms with van der Waals surface area (Å²) in [6.07, 6.45) is 5.29. The fourth-order valence-electron chi connectivity index (χ4n) is 1.76. The SMILES string of the molecule is C#Cc1cccc(C(=N)c2cc([N+](=O)[O-])ccc2O)c1. The van der Waals surface area contributed by atoms with E-state index >= 15 is 0 Å². The monoisotopic (exact) mass is 266 g/mol. The molecule has 0 saturated heterocycles. The first-order valence-corrected chi connectivity index (χ1v) is 5.66. The van der Waals surface area contributed by atoms with E-state index in [-0.39, 0.29) is 22.7 Å². The Kier molecular flexibility index (Phi) is 3.49. The molecule has 0 aliphatic carbocycles. The van der Waals surface area contributed by atoms with Crippen molar-refractivity contribution in [1.82, 2.24) is 0 Å². The highest BCUT2D eigenvalue weighted by Gasteiger charge is 2.15. The zero-order chi connectivity index (χ0) is 14.7. The summed E-state index contributed by atoms with van der Waals surface area (Å²) in [5.74, 6) is 2.26. The molecule has 0 fully saturated rings. The minimum Gasteiger partial charge on any atom is -0.507 e. The molecule has 2 aromatic carbocycles. The first-order valence-electron chi connectivity index (χ1n) is 5.66. The number of rotatable bonds is 3. The number of phenols is 1. The van der Waals surface area contributed by atoms with Crippen molar-refractivity contribution in [2.45, 2.75) is 0 Å². The Bertz CT molecular complexity index is 745. The van der Waals surface area contributed by atoms with Crippen LogP contribution in [-0.4, -0.2) is 15.7 Å². The molecule has 0 atom stereocenters. The van der Waals surface area contributed by atoms with Crippen LogP contribution in [0.5, 0.6) is 5.75 Å². The number of nitrogens with zero attached hydrogens (tertiary/aromatic N) is 1. The van der Waals surface area contributed by atoms with E-state index in [1.54, 1.807) is 24.3 Å². The Morgan fingerprint density at radius 2 is 2.05 bits per heavy atom. The van der Waals surface area contributed by atoms with Crippen LogP contribution in [0.3, 0.4) is 0 Å². The Morgan fingerprint density at radius 1 is 1.30 bits per heavy atom. The maximum absolute atomic E-state index is 10.8. The molecule has 0 aliphatic heterocycles. The lowest BCUT2D eigenvalue weighted by Gasteiger charge is -2.07. The third-order valence-corrected chi connectivity index (χ3v) is 2.78. The van der Waals surface area contributed by atoms with Gasteiger partial charge in [0, 0.05) is 28.8 Å². The number of nitro groups is 1. The number of terminal acetylenes is 1. The zero-order valence-electron chi connectivity index (χ0n) is 10.3. The lowest BCUT2D eigenvalue weighted by molar-refractivity contribution is -0.384. The van der Waals surface area contributed by atoms with E-state index in [0.29, 0.717) is 11.1 Å². The normalized spacial score (nSPS) is 9.75. The highest BCUT2D eigenvalue weighted by Crippen LogP contribution is 2.25. The minimum absolute atomic E-state index is 0.0247. The average molecular weight is 266 g/mol. The number of phenolic OH excluding ortho intramolecular Hbond substituents is 1. The molecular weight excluding hydrogens is 256 g/mol. The minimum atomic E-state index is -0.575. The summed E-state index contributed by atoms with van der Waals surface area (Å²) in [5.41, 5.74) is 0.959. The Hall–Kier alpha value is -3.13. The van der Waals surface area contributed by atoms with Gasteiger partial charge in [0.15, 0.2) is 0 Å². The number of nitrogens with one attached hydrogen (secondary N) is 1. The van der Waals surface area contributed by atoms with Crippen molar-refractivity contribution in [3.8, 4) is 18.1 Å². The molecule has 20 heavy (non-hydrogen) atoms. The number of hydrogen-bond acceptors (Lipinski definition) is 4. The van der Waals surface area contributed by atoms with Crippen molar-refractivity contribution in [3.63, 3.8) is 0 Å². The molecule has 0 aromatic heterocycles. The quantitative estimate of drug-likeness (QED) is 0.387. The number of benzene rings is 2. The van der Waals surface area contributed by atoms with Crippen molar-refractivity contribution >= 4 is 11.4 Å². The summed E-state index contributed by atoms with van der Waals surface area (Å²) in [4.78, 5) is 10.2. The highest BCUT2D eigenvalue weighted by molar-refractivity contribution is 6.12. The zero-order valence-corrected chi connectivity index (χ0v) is 10.3. The van der Waals surface area contributed by atoms with Gasteiger partial charge in [0.05, 0.1) is 10.6 Å². The van der Waals surface area contributed by atoms with Gasteiger partial charge in [-0.05, 0) is 18.2 Å². The van der Waals surface area contributed by atoms with E-state index in [2.05, 4.69) is 5.92 Å². The van der Waals surface area contributed by atoms with Crippen molar-refractivity contribution in [1.29, 1.82) is 5.41 Å². The molecule has 0 saturated carbocycles. The van der Waals surface area contributed by atoms with Gasteiger partial charge in [-0.15, -0.1) is 6.42 Å². The third-order valence-electron chi connectivity index (χ3n) is 2.78. The standard InChI is InChI=1S/C15H10N2O3/c1-2-10-4-3-5-11(8-10)15(16)13-9-12(17(19)20)6-7-14(13)18/h1,3-9,16,18H. The summed E-state index contributed by atoms with van der Waals surface area (Å²) in [6, 6.07) is 10.2. The molecule has 2 rings (SSSR count). The first kappa shape index (κ1) is 13.3. The van der Waals surface area contributed by atoms with Gasteiger partial charge in [-0.3, -0.25) is 15.5 Å². The molecule has 0 heterocycles. The molecular formula is C15H10N2O3. The number of non-ortho nitro benzene ring substituents is 1.